The van der Waals surface area contributed by atoms with Crippen LogP contribution in [0.5, 0.6) is 5.75 Å². The monoisotopic (exact) mass is 321 g/mol. The zero-order chi connectivity index (χ0) is 14.8. The summed E-state index contributed by atoms with van der Waals surface area (Å²) in [5.74, 6) is 1.12. The van der Waals surface area contributed by atoms with Crippen molar-refractivity contribution in [1.29, 1.82) is 0 Å². The molecule has 1 amide bonds. The first-order valence-electron chi connectivity index (χ1n) is 6.85. The fraction of sp³-hybridized carbons (Fsp3) is 0.312. The van der Waals surface area contributed by atoms with Gasteiger partial charge in [-0.3, -0.25) is 4.79 Å². The number of methoxy groups -OCH3 is 1. The number of amides is 1. The number of hydrogen-bond donors (Lipinski definition) is 1. The van der Waals surface area contributed by atoms with Gasteiger partial charge in [0.05, 0.1) is 7.11 Å². The number of ether oxygens (including phenoxy) is 1. The van der Waals surface area contributed by atoms with Crippen LogP contribution in [0.3, 0.4) is 0 Å². The average Bonchev–Trinajstić information content (AvgIpc) is 2.92. The maximum atomic E-state index is 12.2. The molecule has 0 spiro atoms. The lowest BCUT2D eigenvalue weighted by Gasteiger charge is -2.36. The van der Waals surface area contributed by atoms with E-state index in [-0.39, 0.29) is 11.9 Å². The fourth-order valence-electron chi connectivity index (χ4n) is 2.62. The van der Waals surface area contributed by atoms with Crippen LogP contribution in [0.2, 0.25) is 5.02 Å². The molecule has 3 rings (SSSR count). The Morgan fingerprint density at radius 2 is 2.00 bits per heavy atom. The standard InChI is InChI=1S/C16H16ClNO2S/c1-20-14-6-7-21-15(14)16(19)18-13-8-11(9-13)10-2-4-12(17)5-3-10/h2-7,11,13H,8-9H2,1H3,(H,18,19). The van der Waals surface area contributed by atoms with Gasteiger partial charge in [-0.25, -0.2) is 0 Å². The van der Waals surface area contributed by atoms with Crippen molar-refractivity contribution in [1.82, 2.24) is 5.32 Å². The molecule has 1 heterocycles. The van der Waals surface area contributed by atoms with Crippen LogP contribution in [0.4, 0.5) is 0 Å². The molecule has 1 aromatic heterocycles. The van der Waals surface area contributed by atoms with E-state index in [1.165, 1.54) is 16.9 Å². The van der Waals surface area contributed by atoms with Crippen LogP contribution >= 0.6 is 22.9 Å². The summed E-state index contributed by atoms with van der Waals surface area (Å²) in [6.07, 6.45) is 1.95. The molecule has 1 saturated carbocycles. The molecule has 3 nitrogen and oxygen atoms in total. The highest BCUT2D eigenvalue weighted by Gasteiger charge is 2.32. The van der Waals surface area contributed by atoms with Gasteiger partial charge in [-0.05, 0) is 47.9 Å². The lowest BCUT2D eigenvalue weighted by molar-refractivity contribution is 0.0910. The summed E-state index contributed by atoms with van der Waals surface area (Å²) in [5.41, 5.74) is 1.29. The van der Waals surface area contributed by atoms with Gasteiger partial charge in [-0.15, -0.1) is 11.3 Å². The third kappa shape index (κ3) is 3.06. The molecule has 0 radical (unpaired) electrons. The summed E-state index contributed by atoms with van der Waals surface area (Å²) < 4.78 is 5.18. The zero-order valence-corrected chi connectivity index (χ0v) is 13.2. The Hall–Kier alpha value is -1.52. The van der Waals surface area contributed by atoms with E-state index in [4.69, 9.17) is 16.3 Å². The molecule has 0 bridgehead atoms. The molecule has 0 atom stereocenters. The van der Waals surface area contributed by atoms with E-state index in [2.05, 4.69) is 17.4 Å². The van der Waals surface area contributed by atoms with Crippen molar-refractivity contribution in [2.45, 2.75) is 24.8 Å². The maximum absolute atomic E-state index is 12.2. The largest absolute Gasteiger partial charge is 0.495 e. The van der Waals surface area contributed by atoms with E-state index in [1.807, 2.05) is 23.6 Å². The van der Waals surface area contributed by atoms with Crippen LogP contribution in [0.25, 0.3) is 0 Å². The smallest absolute Gasteiger partial charge is 0.265 e. The van der Waals surface area contributed by atoms with Gasteiger partial charge < -0.3 is 10.1 Å². The van der Waals surface area contributed by atoms with Crippen molar-refractivity contribution < 1.29 is 9.53 Å². The minimum atomic E-state index is -0.0404. The molecule has 1 aliphatic carbocycles. The summed E-state index contributed by atoms with van der Waals surface area (Å²) in [7, 11) is 1.58. The van der Waals surface area contributed by atoms with Crippen molar-refractivity contribution in [3.05, 3.63) is 51.2 Å². The Balaban J connectivity index is 1.55. The third-order valence-corrected chi connectivity index (χ3v) is 5.02. The van der Waals surface area contributed by atoms with Gasteiger partial charge in [0.1, 0.15) is 10.6 Å². The Morgan fingerprint density at radius 1 is 1.29 bits per heavy atom. The predicted molar refractivity (Wildman–Crippen MR) is 85.6 cm³/mol. The SMILES string of the molecule is COc1ccsc1C(=O)NC1CC(c2ccc(Cl)cc2)C1. The van der Waals surface area contributed by atoms with Gasteiger partial charge in [0, 0.05) is 11.1 Å². The molecular weight excluding hydrogens is 306 g/mol. The Labute approximate surface area is 132 Å². The number of thiophene rings is 1. The molecule has 0 aliphatic heterocycles. The molecule has 1 aliphatic rings. The highest BCUT2D eigenvalue weighted by molar-refractivity contribution is 7.12. The highest BCUT2D eigenvalue weighted by Crippen LogP contribution is 2.37. The van der Waals surface area contributed by atoms with E-state index >= 15 is 0 Å². The number of halogens is 1. The van der Waals surface area contributed by atoms with Crippen molar-refractivity contribution in [2.75, 3.05) is 7.11 Å². The van der Waals surface area contributed by atoms with Gasteiger partial charge in [0.2, 0.25) is 0 Å². The molecule has 21 heavy (non-hydrogen) atoms. The van der Waals surface area contributed by atoms with Crippen molar-refractivity contribution >= 4 is 28.8 Å². The minimum Gasteiger partial charge on any atom is -0.495 e. The normalized spacial score (nSPS) is 20.7. The minimum absolute atomic E-state index is 0.0404. The number of rotatable bonds is 4. The summed E-state index contributed by atoms with van der Waals surface area (Å²) in [5, 5.41) is 5.69. The highest BCUT2D eigenvalue weighted by atomic mass is 35.5. The second-order valence-corrected chi connectivity index (χ2v) is 6.56. The lowest BCUT2D eigenvalue weighted by Crippen LogP contribution is -2.43. The van der Waals surface area contributed by atoms with E-state index in [1.54, 1.807) is 7.11 Å². The molecule has 1 aromatic carbocycles. The number of hydrogen-bond acceptors (Lipinski definition) is 3. The summed E-state index contributed by atoms with van der Waals surface area (Å²) in [6.45, 7) is 0. The van der Waals surface area contributed by atoms with Gasteiger partial charge in [-0.1, -0.05) is 23.7 Å². The van der Waals surface area contributed by atoms with E-state index < -0.39 is 0 Å². The zero-order valence-electron chi connectivity index (χ0n) is 11.6. The van der Waals surface area contributed by atoms with Crippen molar-refractivity contribution in [3.63, 3.8) is 0 Å². The molecular formula is C16H16ClNO2S. The second-order valence-electron chi connectivity index (χ2n) is 5.21. The van der Waals surface area contributed by atoms with Crippen molar-refractivity contribution in [3.8, 4) is 5.75 Å². The van der Waals surface area contributed by atoms with Crippen LogP contribution < -0.4 is 10.1 Å². The quantitative estimate of drug-likeness (QED) is 0.921. The number of carbonyl (C=O) groups is 1. The number of benzene rings is 1. The second kappa shape index (κ2) is 6.08. The molecule has 5 heteroatoms. The van der Waals surface area contributed by atoms with E-state index in [0.29, 0.717) is 16.5 Å². The summed E-state index contributed by atoms with van der Waals surface area (Å²) in [6, 6.07) is 10.0. The Bertz CT molecular complexity index is 632. The van der Waals surface area contributed by atoms with E-state index in [9.17, 15) is 4.79 Å². The number of carbonyl (C=O) groups excluding carboxylic acids is 1. The van der Waals surface area contributed by atoms with Gasteiger partial charge in [0.15, 0.2) is 0 Å². The Kier molecular flexibility index (Phi) is 4.17. The van der Waals surface area contributed by atoms with Crippen molar-refractivity contribution in [2.24, 2.45) is 0 Å². The molecule has 1 N–H and O–H groups in total. The molecule has 0 unspecified atom stereocenters. The van der Waals surface area contributed by atoms with Crippen LogP contribution in [-0.4, -0.2) is 19.1 Å². The van der Waals surface area contributed by atoms with Crippen LogP contribution in [0.15, 0.2) is 35.7 Å². The third-order valence-electron chi connectivity index (χ3n) is 3.87. The maximum Gasteiger partial charge on any atom is 0.265 e. The van der Waals surface area contributed by atoms with Gasteiger partial charge in [0.25, 0.3) is 5.91 Å². The molecule has 110 valence electrons. The average molecular weight is 322 g/mol. The first-order chi connectivity index (χ1) is 10.2. The van der Waals surface area contributed by atoms with Crippen LogP contribution in [0, 0.1) is 0 Å². The van der Waals surface area contributed by atoms with E-state index in [0.717, 1.165) is 17.9 Å². The number of nitrogens with one attached hydrogen (secondary N) is 1. The van der Waals surface area contributed by atoms with Crippen LogP contribution in [-0.2, 0) is 0 Å². The fourth-order valence-corrected chi connectivity index (χ4v) is 3.50. The first-order valence-corrected chi connectivity index (χ1v) is 8.11. The first kappa shape index (κ1) is 14.4. The summed E-state index contributed by atoms with van der Waals surface area (Å²) >= 11 is 7.30. The predicted octanol–water partition coefficient (Wildman–Crippen LogP) is 4.09. The topological polar surface area (TPSA) is 38.3 Å². The lowest BCUT2D eigenvalue weighted by atomic mass is 9.76. The molecule has 1 fully saturated rings. The summed E-state index contributed by atoms with van der Waals surface area (Å²) in [4.78, 5) is 12.8. The van der Waals surface area contributed by atoms with Gasteiger partial charge >= 0.3 is 0 Å². The molecule has 2 aromatic rings. The Morgan fingerprint density at radius 3 is 2.67 bits per heavy atom. The molecule has 0 saturated heterocycles. The van der Waals surface area contributed by atoms with Gasteiger partial charge in [-0.2, -0.15) is 0 Å². The van der Waals surface area contributed by atoms with Crippen LogP contribution in [0.1, 0.15) is 34.0 Å².